The fraction of sp³-hybridized carbons (Fsp3) is 0.538. The molecule has 0 N–H and O–H groups in total. The predicted octanol–water partition coefficient (Wildman–Crippen LogP) is 3.79. The van der Waals surface area contributed by atoms with Gasteiger partial charge in [-0.25, -0.2) is 9.97 Å². The van der Waals surface area contributed by atoms with Gasteiger partial charge in [-0.1, -0.05) is 6.92 Å². The number of rotatable bonds is 5. The number of fused-ring (bicyclic) bond motifs is 1. The van der Waals surface area contributed by atoms with E-state index in [4.69, 9.17) is 11.6 Å². The molecular weight excluding hydrogens is 266 g/mol. The normalized spacial score (nSPS) is 13.1. The maximum absolute atomic E-state index is 6.03. The van der Waals surface area contributed by atoms with Crippen LogP contribution in [0.4, 0.5) is 0 Å². The van der Waals surface area contributed by atoms with E-state index in [1.807, 2.05) is 24.9 Å². The molecule has 0 saturated carbocycles. The smallest absolute Gasteiger partial charge is 0.160 e. The average molecular weight is 284 g/mol. The lowest BCUT2D eigenvalue weighted by Crippen LogP contribution is -2.14. The summed E-state index contributed by atoms with van der Waals surface area (Å²) in [7, 11) is 0. The predicted molar refractivity (Wildman–Crippen MR) is 79.5 cm³/mol. The minimum Gasteiger partial charge on any atom is -0.308 e. The number of imidazole rings is 1. The molecule has 0 fully saturated rings. The third-order valence-electron chi connectivity index (χ3n) is 3.05. The van der Waals surface area contributed by atoms with Crippen LogP contribution in [-0.2, 0) is 5.88 Å². The van der Waals surface area contributed by atoms with Crippen LogP contribution in [0.25, 0.3) is 11.2 Å². The van der Waals surface area contributed by atoms with Crippen molar-refractivity contribution in [2.75, 3.05) is 12.0 Å². The first kappa shape index (κ1) is 13.7. The number of hydrogen-bond donors (Lipinski definition) is 0. The van der Waals surface area contributed by atoms with Gasteiger partial charge >= 0.3 is 0 Å². The molecule has 1 unspecified atom stereocenters. The van der Waals surface area contributed by atoms with Gasteiger partial charge in [-0.2, -0.15) is 11.8 Å². The highest BCUT2D eigenvalue weighted by Crippen LogP contribution is 2.25. The number of aromatic nitrogens is 3. The number of aryl methyl sites for hydroxylation is 1. The highest BCUT2D eigenvalue weighted by molar-refractivity contribution is 7.98. The molecule has 0 spiro atoms. The molecule has 18 heavy (non-hydrogen) atoms. The summed E-state index contributed by atoms with van der Waals surface area (Å²) in [6.45, 7) is 4.23. The first-order valence-electron chi connectivity index (χ1n) is 6.09. The number of alkyl halides is 1. The molecule has 0 aliphatic carbocycles. The molecule has 0 radical (unpaired) electrons. The van der Waals surface area contributed by atoms with Crippen molar-refractivity contribution in [2.45, 2.75) is 32.2 Å². The Hall–Kier alpha value is -0.740. The SMILES string of the molecule is CCC(CSC)n1c(CCl)nc2cc(C)cnc21. The van der Waals surface area contributed by atoms with E-state index in [1.165, 1.54) is 0 Å². The van der Waals surface area contributed by atoms with Crippen molar-refractivity contribution in [3.63, 3.8) is 0 Å². The third-order valence-corrected chi connectivity index (χ3v) is 4.01. The maximum atomic E-state index is 6.03. The van der Waals surface area contributed by atoms with Gasteiger partial charge in [0.05, 0.1) is 5.88 Å². The summed E-state index contributed by atoms with van der Waals surface area (Å²) < 4.78 is 2.21. The molecule has 1 atom stereocenters. The molecule has 5 heteroatoms. The summed E-state index contributed by atoms with van der Waals surface area (Å²) in [6.07, 6.45) is 5.08. The zero-order valence-corrected chi connectivity index (χ0v) is 12.6. The Kier molecular flexibility index (Phi) is 4.51. The van der Waals surface area contributed by atoms with Crippen LogP contribution in [0.5, 0.6) is 0 Å². The van der Waals surface area contributed by atoms with E-state index in [0.717, 1.165) is 34.7 Å². The Bertz CT molecular complexity index is 538. The molecule has 3 nitrogen and oxygen atoms in total. The lowest BCUT2D eigenvalue weighted by Gasteiger charge is -2.18. The molecular formula is C13H18ClN3S. The van der Waals surface area contributed by atoms with E-state index in [0.29, 0.717) is 11.9 Å². The van der Waals surface area contributed by atoms with Gasteiger partial charge in [0.15, 0.2) is 5.65 Å². The fourth-order valence-electron chi connectivity index (χ4n) is 2.17. The fourth-order valence-corrected chi connectivity index (χ4v) is 3.13. The van der Waals surface area contributed by atoms with E-state index in [2.05, 4.69) is 33.8 Å². The largest absolute Gasteiger partial charge is 0.308 e. The van der Waals surface area contributed by atoms with Crippen LogP contribution in [0.3, 0.4) is 0 Å². The van der Waals surface area contributed by atoms with Crippen LogP contribution >= 0.6 is 23.4 Å². The Morgan fingerprint density at radius 3 is 2.89 bits per heavy atom. The molecule has 0 bridgehead atoms. The van der Waals surface area contributed by atoms with Gasteiger partial charge in [0.25, 0.3) is 0 Å². The summed E-state index contributed by atoms with van der Waals surface area (Å²) in [5.74, 6) is 2.41. The van der Waals surface area contributed by atoms with Gasteiger partial charge in [0.1, 0.15) is 11.3 Å². The Morgan fingerprint density at radius 1 is 1.50 bits per heavy atom. The van der Waals surface area contributed by atoms with Crippen molar-refractivity contribution in [3.05, 3.63) is 23.7 Å². The van der Waals surface area contributed by atoms with Crippen molar-refractivity contribution >= 4 is 34.5 Å². The highest BCUT2D eigenvalue weighted by Gasteiger charge is 2.18. The van der Waals surface area contributed by atoms with E-state index in [1.54, 1.807) is 0 Å². The maximum Gasteiger partial charge on any atom is 0.160 e. The highest BCUT2D eigenvalue weighted by atomic mass is 35.5. The van der Waals surface area contributed by atoms with Crippen LogP contribution < -0.4 is 0 Å². The van der Waals surface area contributed by atoms with Gasteiger partial charge in [0.2, 0.25) is 0 Å². The molecule has 0 aliphatic heterocycles. The second-order valence-electron chi connectivity index (χ2n) is 4.40. The molecule has 0 saturated heterocycles. The van der Waals surface area contributed by atoms with Crippen molar-refractivity contribution in [1.82, 2.24) is 14.5 Å². The van der Waals surface area contributed by atoms with Gasteiger partial charge in [-0.15, -0.1) is 11.6 Å². The van der Waals surface area contributed by atoms with Crippen LogP contribution in [-0.4, -0.2) is 26.5 Å². The molecule has 98 valence electrons. The standard InChI is InChI=1S/C13H18ClN3S/c1-4-10(8-18-3)17-12(6-14)16-11-5-9(2)7-15-13(11)17/h5,7,10H,4,6,8H2,1-3H3. The minimum absolute atomic E-state index is 0.411. The van der Waals surface area contributed by atoms with E-state index < -0.39 is 0 Å². The molecule has 0 aromatic carbocycles. The monoisotopic (exact) mass is 283 g/mol. The Morgan fingerprint density at radius 2 is 2.28 bits per heavy atom. The lowest BCUT2D eigenvalue weighted by molar-refractivity contribution is 0.535. The van der Waals surface area contributed by atoms with Gasteiger partial charge in [0, 0.05) is 18.0 Å². The first-order chi connectivity index (χ1) is 8.71. The Balaban J connectivity index is 2.58. The second kappa shape index (κ2) is 5.93. The number of nitrogens with zero attached hydrogens (tertiary/aromatic N) is 3. The summed E-state index contributed by atoms with van der Waals surface area (Å²) in [5.41, 5.74) is 3.04. The quantitative estimate of drug-likeness (QED) is 0.782. The average Bonchev–Trinajstić information content (AvgIpc) is 2.73. The number of pyridine rings is 1. The molecule has 2 aromatic rings. The van der Waals surface area contributed by atoms with Crippen LogP contribution in [0, 0.1) is 6.92 Å². The minimum atomic E-state index is 0.411. The molecule has 0 aliphatic rings. The molecule has 2 heterocycles. The summed E-state index contributed by atoms with van der Waals surface area (Å²) in [6, 6.07) is 2.48. The topological polar surface area (TPSA) is 30.7 Å². The van der Waals surface area contributed by atoms with E-state index >= 15 is 0 Å². The second-order valence-corrected chi connectivity index (χ2v) is 5.58. The van der Waals surface area contributed by atoms with Crippen LogP contribution in [0.2, 0.25) is 0 Å². The zero-order valence-electron chi connectivity index (χ0n) is 11.0. The van der Waals surface area contributed by atoms with Crippen molar-refractivity contribution in [1.29, 1.82) is 0 Å². The summed E-state index contributed by atoms with van der Waals surface area (Å²) in [4.78, 5) is 9.14. The molecule has 0 amide bonds. The number of thioether (sulfide) groups is 1. The number of hydrogen-bond acceptors (Lipinski definition) is 3. The Labute approximate surface area is 117 Å². The molecule has 2 rings (SSSR count). The van der Waals surface area contributed by atoms with Gasteiger partial charge in [-0.3, -0.25) is 0 Å². The first-order valence-corrected chi connectivity index (χ1v) is 8.02. The lowest BCUT2D eigenvalue weighted by atomic mass is 10.2. The number of halogens is 1. The van der Waals surface area contributed by atoms with Crippen LogP contribution in [0.1, 0.15) is 30.8 Å². The van der Waals surface area contributed by atoms with Gasteiger partial charge in [-0.05, 0) is 31.2 Å². The zero-order chi connectivity index (χ0) is 13.1. The van der Waals surface area contributed by atoms with Crippen molar-refractivity contribution in [3.8, 4) is 0 Å². The van der Waals surface area contributed by atoms with E-state index in [-0.39, 0.29) is 0 Å². The van der Waals surface area contributed by atoms with E-state index in [9.17, 15) is 0 Å². The summed E-state index contributed by atoms with van der Waals surface area (Å²) >= 11 is 7.87. The van der Waals surface area contributed by atoms with Gasteiger partial charge < -0.3 is 4.57 Å². The third kappa shape index (κ3) is 2.50. The van der Waals surface area contributed by atoms with Crippen molar-refractivity contribution < 1.29 is 0 Å². The summed E-state index contributed by atoms with van der Waals surface area (Å²) in [5, 5.41) is 0. The van der Waals surface area contributed by atoms with Crippen LogP contribution in [0.15, 0.2) is 12.3 Å². The van der Waals surface area contributed by atoms with Crippen molar-refractivity contribution in [2.24, 2.45) is 0 Å². The molecule has 2 aromatic heterocycles.